The van der Waals surface area contributed by atoms with Gasteiger partial charge in [-0.1, -0.05) is 36.4 Å². The molecular weight excluding hydrogens is 234 g/mol. The zero-order valence-electron chi connectivity index (χ0n) is 11.3. The first-order valence-corrected chi connectivity index (χ1v) is 6.98. The topological polar surface area (TPSA) is 29.1 Å². The molecular formula is C17H19NO. The van der Waals surface area contributed by atoms with E-state index in [-0.39, 0.29) is 11.3 Å². The number of nitrogens with one attached hydrogen (secondary N) is 1. The summed E-state index contributed by atoms with van der Waals surface area (Å²) in [6.45, 7) is 2.97. The van der Waals surface area contributed by atoms with Gasteiger partial charge in [-0.2, -0.15) is 0 Å². The zero-order valence-corrected chi connectivity index (χ0v) is 11.3. The third kappa shape index (κ3) is 2.28. The summed E-state index contributed by atoms with van der Waals surface area (Å²) >= 11 is 0. The van der Waals surface area contributed by atoms with E-state index in [2.05, 4.69) is 17.4 Å². The second-order valence-corrected chi connectivity index (χ2v) is 5.61. The van der Waals surface area contributed by atoms with Gasteiger partial charge in [0.1, 0.15) is 0 Å². The van der Waals surface area contributed by atoms with Gasteiger partial charge in [-0.25, -0.2) is 0 Å². The average molecular weight is 253 g/mol. The van der Waals surface area contributed by atoms with Crippen molar-refractivity contribution in [2.24, 2.45) is 0 Å². The average Bonchev–Trinajstić information content (AvgIpc) is 2.47. The molecule has 2 aromatic carbocycles. The Bertz CT molecular complexity index is 611. The Morgan fingerprint density at radius 1 is 1.11 bits per heavy atom. The van der Waals surface area contributed by atoms with Gasteiger partial charge in [-0.3, -0.25) is 4.79 Å². The molecule has 1 aliphatic heterocycles. The van der Waals surface area contributed by atoms with Crippen molar-refractivity contribution < 1.29 is 4.79 Å². The smallest absolute Gasteiger partial charge is 0.182 e. The molecule has 1 fully saturated rings. The maximum absolute atomic E-state index is 12.7. The first-order chi connectivity index (χ1) is 9.19. The number of rotatable bonds is 2. The molecule has 2 nitrogen and oxygen atoms in total. The normalized spacial score (nSPS) is 23.4. The molecule has 19 heavy (non-hydrogen) atoms. The SMILES string of the molecule is CC1(C(=O)c2ccc3ccccc3c2)CCCCN1. The largest absolute Gasteiger partial charge is 0.305 e. The van der Waals surface area contributed by atoms with Crippen LogP contribution in [0.1, 0.15) is 36.5 Å². The van der Waals surface area contributed by atoms with E-state index in [1.807, 2.05) is 37.3 Å². The van der Waals surface area contributed by atoms with Gasteiger partial charge >= 0.3 is 0 Å². The Morgan fingerprint density at radius 3 is 2.63 bits per heavy atom. The summed E-state index contributed by atoms with van der Waals surface area (Å²) in [5.74, 6) is 0.220. The van der Waals surface area contributed by atoms with E-state index in [9.17, 15) is 4.79 Å². The van der Waals surface area contributed by atoms with E-state index in [1.54, 1.807) is 0 Å². The third-order valence-electron chi connectivity index (χ3n) is 4.13. The van der Waals surface area contributed by atoms with Crippen molar-refractivity contribution in [2.45, 2.75) is 31.7 Å². The van der Waals surface area contributed by atoms with Crippen molar-refractivity contribution in [1.82, 2.24) is 5.32 Å². The molecule has 1 heterocycles. The number of benzene rings is 2. The molecule has 0 aromatic heterocycles. The summed E-state index contributed by atoms with van der Waals surface area (Å²) in [6.07, 6.45) is 3.22. The Morgan fingerprint density at radius 2 is 1.89 bits per heavy atom. The standard InChI is InChI=1S/C17H19NO/c1-17(10-4-5-11-18-17)16(19)15-9-8-13-6-2-3-7-14(13)12-15/h2-3,6-9,12,18H,4-5,10-11H2,1H3. The molecule has 1 N–H and O–H groups in total. The second-order valence-electron chi connectivity index (χ2n) is 5.61. The van der Waals surface area contributed by atoms with E-state index in [0.29, 0.717) is 0 Å². The first kappa shape index (κ1) is 12.4. The van der Waals surface area contributed by atoms with Crippen LogP contribution in [0.5, 0.6) is 0 Å². The van der Waals surface area contributed by atoms with Gasteiger partial charge in [0.2, 0.25) is 0 Å². The molecule has 0 radical (unpaired) electrons. The molecule has 3 rings (SSSR count). The van der Waals surface area contributed by atoms with Gasteiger partial charge in [0.15, 0.2) is 5.78 Å². The van der Waals surface area contributed by atoms with Crippen molar-refractivity contribution in [3.63, 3.8) is 0 Å². The number of ketones is 1. The van der Waals surface area contributed by atoms with Gasteiger partial charge in [0.25, 0.3) is 0 Å². The molecule has 2 aromatic rings. The van der Waals surface area contributed by atoms with Crippen molar-refractivity contribution >= 4 is 16.6 Å². The van der Waals surface area contributed by atoms with Gasteiger partial charge in [0.05, 0.1) is 5.54 Å². The van der Waals surface area contributed by atoms with E-state index in [1.165, 1.54) is 11.8 Å². The van der Waals surface area contributed by atoms with Crippen LogP contribution in [0.4, 0.5) is 0 Å². The highest BCUT2D eigenvalue weighted by Gasteiger charge is 2.34. The van der Waals surface area contributed by atoms with Gasteiger partial charge in [-0.05, 0) is 49.6 Å². The van der Waals surface area contributed by atoms with Crippen LogP contribution in [-0.2, 0) is 0 Å². The molecule has 1 saturated heterocycles. The molecule has 0 saturated carbocycles. The van der Waals surface area contributed by atoms with Crippen molar-refractivity contribution in [2.75, 3.05) is 6.54 Å². The Hall–Kier alpha value is -1.67. The quantitative estimate of drug-likeness (QED) is 0.829. The minimum absolute atomic E-state index is 0.220. The van der Waals surface area contributed by atoms with Crippen LogP contribution in [0.3, 0.4) is 0 Å². The maximum Gasteiger partial charge on any atom is 0.182 e. The van der Waals surface area contributed by atoms with Crippen LogP contribution in [0.15, 0.2) is 42.5 Å². The molecule has 1 unspecified atom stereocenters. The molecule has 0 spiro atoms. The summed E-state index contributed by atoms with van der Waals surface area (Å²) in [4.78, 5) is 12.7. The van der Waals surface area contributed by atoms with E-state index >= 15 is 0 Å². The van der Waals surface area contributed by atoms with Crippen molar-refractivity contribution in [1.29, 1.82) is 0 Å². The first-order valence-electron chi connectivity index (χ1n) is 6.98. The molecule has 0 bridgehead atoms. The zero-order chi connectivity index (χ0) is 13.3. The van der Waals surface area contributed by atoms with Crippen LogP contribution in [0, 0.1) is 0 Å². The van der Waals surface area contributed by atoms with Crippen LogP contribution < -0.4 is 5.32 Å². The highest BCUT2D eigenvalue weighted by molar-refractivity contribution is 6.05. The fourth-order valence-electron chi connectivity index (χ4n) is 2.90. The number of Topliss-reactive ketones (excluding diaryl/α,β-unsaturated/α-hetero) is 1. The monoisotopic (exact) mass is 253 g/mol. The molecule has 98 valence electrons. The van der Waals surface area contributed by atoms with Crippen molar-refractivity contribution in [3.8, 4) is 0 Å². The highest BCUT2D eigenvalue weighted by Crippen LogP contribution is 2.25. The lowest BCUT2D eigenvalue weighted by atomic mass is 9.83. The van der Waals surface area contributed by atoms with Gasteiger partial charge in [-0.15, -0.1) is 0 Å². The Labute approximate surface area is 113 Å². The molecule has 1 aliphatic rings. The predicted octanol–water partition coefficient (Wildman–Crippen LogP) is 3.55. The Balaban J connectivity index is 1.97. The predicted molar refractivity (Wildman–Crippen MR) is 78.5 cm³/mol. The summed E-state index contributed by atoms with van der Waals surface area (Å²) < 4.78 is 0. The molecule has 0 amide bonds. The number of carbonyl (C=O) groups is 1. The molecule has 2 heteroatoms. The minimum Gasteiger partial charge on any atom is -0.305 e. The van der Waals surface area contributed by atoms with E-state index < -0.39 is 0 Å². The van der Waals surface area contributed by atoms with E-state index in [0.717, 1.165) is 30.3 Å². The number of carbonyl (C=O) groups excluding carboxylic acids is 1. The van der Waals surface area contributed by atoms with Crippen LogP contribution in [0.25, 0.3) is 10.8 Å². The number of hydrogen-bond donors (Lipinski definition) is 1. The minimum atomic E-state index is -0.388. The molecule has 0 aliphatic carbocycles. The van der Waals surface area contributed by atoms with Crippen LogP contribution in [0.2, 0.25) is 0 Å². The van der Waals surface area contributed by atoms with Crippen LogP contribution >= 0.6 is 0 Å². The fraction of sp³-hybridized carbons (Fsp3) is 0.353. The van der Waals surface area contributed by atoms with E-state index in [4.69, 9.17) is 0 Å². The summed E-state index contributed by atoms with van der Waals surface area (Å²) in [5, 5.41) is 5.71. The maximum atomic E-state index is 12.7. The number of piperidine rings is 1. The third-order valence-corrected chi connectivity index (χ3v) is 4.13. The summed E-state index contributed by atoms with van der Waals surface area (Å²) in [7, 11) is 0. The van der Waals surface area contributed by atoms with Gasteiger partial charge < -0.3 is 5.32 Å². The van der Waals surface area contributed by atoms with Crippen LogP contribution in [-0.4, -0.2) is 17.9 Å². The highest BCUT2D eigenvalue weighted by atomic mass is 16.1. The summed E-state index contributed by atoms with van der Waals surface area (Å²) in [5.41, 5.74) is 0.427. The molecule has 1 atom stereocenters. The summed E-state index contributed by atoms with van der Waals surface area (Å²) in [6, 6.07) is 14.2. The lowest BCUT2D eigenvalue weighted by Gasteiger charge is -2.33. The lowest BCUT2D eigenvalue weighted by Crippen LogP contribution is -2.52. The van der Waals surface area contributed by atoms with Crippen molar-refractivity contribution in [3.05, 3.63) is 48.0 Å². The number of hydrogen-bond acceptors (Lipinski definition) is 2. The van der Waals surface area contributed by atoms with Gasteiger partial charge in [0, 0.05) is 5.56 Å². The Kier molecular flexibility index (Phi) is 3.11. The number of fused-ring (bicyclic) bond motifs is 1. The lowest BCUT2D eigenvalue weighted by molar-refractivity contribution is 0.0835. The second kappa shape index (κ2) is 4.78. The fourth-order valence-corrected chi connectivity index (χ4v) is 2.90.